The van der Waals surface area contributed by atoms with Crippen molar-refractivity contribution in [3.63, 3.8) is 0 Å². The van der Waals surface area contributed by atoms with Crippen molar-refractivity contribution < 1.29 is 26.9 Å². The summed E-state index contributed by atoms with van der Waals surface area (Å²) in [5, 5.41) is 10.7. The van der Waals surface area contributed by atoms with Gasteiger partial charge in [0, 0.05) is 22.8 Å². The minimum absolute atomic E-state index is 0.0668. The zero-order chi connectivity index (χ0) is 14.8. The van der Waals surface area contributed by atoms with Crippen molar-refractivity contribution in [2.24, 2.45) is 0 Å². The van der Waals surface area contributed by atoms with Gasteiger partial charge in [-0.1, -0.05) is 0 Å². The number of hydrogen-bond acceptors (Lipinski definition) is 5. The van der Waals surface area contributed by atoms with Crippen LogP contribution in [0.15, 0.2) is 17.0 Å². The molecule has 0 aliphatic heterocycles. The molecule has 0 heterocycles. The van der Waals surface area contributed by atoms with E-state index in [4.69, 9.17) is 15.4 Å². The highest BCUT2D eigenvalue weighted by atomic mass is 35.7. The third-order valence-corrected chi connectivity index (χ3v) is 3.42. The summed E-state index contributed by atoms with van der Waals surface area (Å²) in [4.78, 5) is 8.95. The lowest BCUT2D eigenvalue weighted by Crippen LogP contribution is -2.04. The van der Waals surface area contributed by atoms with Crippen molar-refractivity contribution >= 4 is 25.4 Å². The highest BCUT2D eigenvalue weighted by Gasteiger charge is 2.30. The molecule has 10 heteroatoms. The van der Waals surface area contributed by atoms with Crippen LogP contribution in [0.2, 0.25) is 0 Å². The number of halogens is 3. The molecule has 1 rings (SSSR count). The number of nitro groups is 1. The molecule has 106 valence electrons. The van der Waals surface area contributed by atoms with Crippen LogP contribution in [0, 0.1) is 10.1 Å². The Labute approximate surface area is 111 Å². The molecule has 0 aromatic heterocycles. The first-order chi connectivity index (χ1) is 8.68. The predicted molar refractivity (Wildman–Crippen MR) is 62.3 cm³/mol. The number of rotatable bonds is 5. The van der Waals surface area contributed by atoms with Gasteiger partial charge in [0.1, 0.15) is 11.3 Å². The monoisotopic (exact) mass is 315 g/mol. The van der Waals surface area contributed by atoms with Gasteiger partial charge in [-0.05, 0) is 6.92 Å². The summed E-state index contributed by atoms with van der Waals surface area (Å²) in [6, 6.07) is 1.21. The normalized spacial score (nSPS) is 11.6. The molecule has 1 aromatic carbocycles. The Morgan fingerprint density at radius 2 is 2.05 bits per heavy atom. The van der Waals surface area contributed by atoms with Crippen molar-refractivity contribution in [3.05, 3.63) is 27.8 Å². The topological polar surface area (TPSA) is 86.5 Å². The van der Waals surface area contributed by atoms with Gasteiger partial charge in [-0.3, -0.25) is 10.1 Å². The molecule has 1 aromatic rings. The van der Waals surface area contributed by atoms with Crippen molar-refractivity contribution in [1.82, 2.24) is 0 Å². The molecule has 0 saturated carbocycles. The molecule has 6 nitrogen and oxygen atoms in total. The molecule has 0 radical (unpaired) electrons. The van der Waals surface area contributed by atoms with E-state index in [1.807, 2.05) is 0 Å². The highest BCUT2D eigenvalue weighted by molar-refractivity contribution is 8.13. The van der Waals surface area contributed by atoms with E-state index < -0.39 is 42.3 Å². The van der Waals surface area contributed by atoms with Gasteiger partial charge >= 0.3 is 0 Å². The maximum absolute atomic E-state index is 12.8. The zero-order valence-corrected chi connectivity index (χ0v) is 11.0. The van der Waals surface area contributed by atoms with Crippen LogP contribution in [0.4, 0.5) is 14.5 Å². The van der Waals surface area contributed by atoms with E-state index in [0.717, 1.165) is 6.07 Å². The summed E-state index contributed by atoms with van der Waals surface area (Å²) in [7, 11) is 0.747. The lowest BCUT2D eigenvalue weighted by Gasteiger charge is -2.11. The molecule has 0 amide bonds. The summed E-state index contributed by atoms with van der Waals surface area (Å²) >= 11 is 0. The van der Waals surface area contributed by atoms with Crippen molar-refractivity contribution in [2.45, 2.75) is 18.2 Å². The second-order valence-electron chi connectivity index (χ2n) is 3.28. The largest absolute Gasteiger partial charge is 0.493 e. The van der Waals surface area contributed by atoms with Crippen molar-refractivity contribution in [2.75, 3.05) is 6.61 Å². The molecule has 0 saturated heterocycles. The summed E-state index contributed by atoms with van der Waals surface area (Å²) in [6.07, 6.45) is -3.19. The number of hydrogen-bond donors (Lipinski definition) is 0. The van der Waals surface area contributed by atoms with Gasteiger partial charge in [0.15, 0.2) is 0 Å². The van der Waals surface area contributed by atoms with E-state index in [9.17, 15) is 27.3 Å². The Bertz CT molecular complexity index is 605. The average Bonchev–Trinajstić information content (AvgIpc) is 2.26. The van der Waals surface area contributed by atoms with E-state index in [0.29, 0.717) is 6.07 Å². The SMILES string of the molecule is CCOc1cc(S(=O)(=O)Cl)cc([N+](=O)[O-])c1C(F)F. The van der Waals surface area contributed by atoms with Crippen LogP contribution in [0.1, 0.15) is 18.9 Å². The number of ether oxygens (including phenoxy) is 1. The zero-order valence-electron chi connectivity index (χ0n) is 9.47. The minimum atomic E-state index is -4.30. The number of nitrogens with zero attached hydrogens (tertiary/aromatic N) is 1. The van der Waals surface area contributed by atoms with Crippen LogP contribution in [-0.2, 0) is 9.05 Å². The quantitative estimate of drug-likeness (QED) is 0.473. The first kappa shape index (κ1) is 15.6. The van der Waals surface area contributed by atoms with Gasteiger partial charge in [-0.25, -0.2) is 17.2 Å². The Kier molecular flexibility index (Phi) is 4.64. The fourth-order valence-electron chi connectivity index (χ4n) is 1.37. The van der Waals surface area contributed by atoms with Crippen molar-refractivity contribution in [3.8, 4) is 5.75 Å². The molecule has 0 fully saturated rings. The maximum atomic E-state index is 12.8. The Morgan fingerprint density at radius 3 is 2.42 bits per heavy atom. The molecule has 0 aliphatic carbocycles. The van der Waals surface area contributed by atoms with Crippen LogP contribution in [0.3, 0.4) is 0 Å². The summed E-state index contributed by atoms with van der Waals surface area (Å²) in [6.45, 7) is 1.39. The number of alkyl halides is 2. The van der Waals surface area contributed by atoms with Crippen molar-refractivity contribution in [1.29, 1.82) is 0 Å². The second-order valence-corrected chi connectivity index (χ2v) is 5.85. The van der Waals surface area contributed by atoms with Gasteiger partial charge in [-0.2, -0.15) is 0 Å². The molecule has 0 aliphatic rings. The first-order valence-electron chi connectivity index (χ1n) is 4.86. The van der Waals surface area contributed by atoms with Crippen LogP contribution in [0.25, 0.3) is 0 Å². The van der Waals surface area contributed by atoms with Crippen LogP contribution in [0.5, 0.6) is 5.75 Å². The fourth-order valence-corrected chi connectivity index (χ4v) is 2.14. The molecule has 0 N–H and O–H groups in total. The van der Waals surface area contributed by atoms with Gasteiger partial charge in [0.2, 0.25) is 0 Å². The molecule has 19 heavy (non-hydrogen) atoms. The molecule has 0 atom stereocenters. The smallest absolute Gasteiger partial charge is 0.283 e. The van der Waals surface area contributed by atoms with Gasteiger partial charge in [0.05, 0.1) is 16.4 Å². The van der Waals surface area contributed by atoms with Crippen LogP contribution < -0.4 is 4.74 Å². The Balaban J connectivity index is 3.67. The van der Waals surface area contributed by atoms with Gasteiger partial charge < -0.3 is 4.74 Å². The van der Waals surface area contributed by atoms with E-state index in [2.05, 4.69) is 0 Å². The molecule has 0 bridgehead atoms. The summed E-state index contributed by atoms with van der Waals surface area (Å²) in [5.41, 5.74) is -2.03. The van der Waals surface area contributed by atoms with Gasteiger partial charge in [0.25, 0.3) is 21.2 Å². The first-order valence-corrected chi connectivity index (χ1v) is 7.17. The Morgan fingerprint density at radius 1 is 1.47 bits per heavy atom. The van der Waals surface area contributed by atoms with E-state index in [1.165, 1.54) is 6.92 Å². The van der Waals surface area contributed by atoms with E-state index in [-0.39, 0.29) is 6.61 Å². The lowest BCUT2D eigenvalue weighted by atomic mass is 10.1. The average molecular weight is 316 g/mol. The third kappa shape index (κ3) is 3.51. The lowest BCUT2D eigenvalue weighted by molar-refractivity contribution is -0.386. The van der Waals surface area contributed by atoms with Gasteiger partial charge in [-0.15, -0.1) is 0 Å². The predicted octanol–water partition coefficient (Wildman–Crippen LogP) is 2.86. The van der Waals surface area contributed by atoms with E-state index in [1.54, 1.807) is 0 Å². The molecule has 0 unspecified atom stereocenters. The molecule has 0 spiro atoms. The summed E-state index contributed by atoms with van der Waals surface area (Å²) < 4.78 is 52.8. The third-order valence-electron chi connectivity index (χ3n) is 2.09. The minimum Gasteiger partial charge on any atom is -0.493 e. The van der Waals surface area contributed by atoms with Crippen LogP contribution in [-0.4, -0.2) is 19.9 Å². The van der Waals surface area contributed by atoms with Crippen LogP contribution >= 0.6 is 10.7 Å². The highest BCUT2D eigenvalue weighted by Crippen LogP contribution is 2.39. The second kappa shape index (κ2) is 5.66. The maximum Gasteiger partial charge on any atom is 0.283 e. The van der Waals surface area contributed by atoms with E-state index >= 15 is 0 Å². The standard InChI is InChI=1S/C9H8ClF2NO5S/c1-2-18-7-4-5(19(10,16)17)3-6(13(14)15)8(7)9(11)12/h3-4,9H,2H2,1H3. The number of benzene rings is 1. The molecular weight excluding hydrogens is 308 g/mol. The Hall–Kier alpha value is -1.48. The number of nitro benzene ring substituents is 1. The fraction of sp³-hybridized carbons (Fsp3) is 0.333. The summed E-state index contributed by atoms with van der Waals surface area (Å²) in [5.74, 6) is -0.578. The molecular formula is C9H8ClF2NO5S.